The third-order valence-electron chi connectivity index (χ3n) is 4.35. The van der Waals surface area contributed by atoms with Crippen molar-refractivity contribution in [1.29, 1.82) is 0 Å². The summed E-state index contributed by atoms with van der Waals surface area (Å²) in [6, 6.07) is 7.76. The molecule has 1 unspecified atom stereocenters. The molecule has 1 aliphatic heterocycles. The fourth-order valence-corrected chi connectivity index (χ4v) is 4.13. The summed E-state index contributed by atoms with van der Waals surface area (Å²) < 4.78 is 0.215. The van der Waals surface area contributed by atoms with Crippen molar-refractivity contribution in [1.82, 2.24) is 9.97 Å². The number of anilines is 4. The highest BCUT2D eigenvalue weighted by Crippen LogP contribution is 2.32. The van der Waals surface area contributed by atoms with Crippen molar-refractivity contribution < 1.29 is 4.79 Å². The molecule has 1 fully saturated rings. The molecule has 0 spiro atoms. The van der Waals surface area contributed by atoms with Crippen LogP contribution >= 0.6 is 22.6 Å². The van der Waals surface area contributed by atoms with E-state index in [1.54, 1.807) is 6.92 Å². The summed E-state index contributed by atoms with van der Waals surface area (Å²) in [4.78, 5) is 24.3. The van der Waals surface area contributed by atoms with Gasteiger partial charge in [-0.05, 0) is 38.1 Å². The molecule has 1 aromatic heterocycles. The number of nitrogens with zero attached hydrogens (tertiary/aromatic N) is 4. The van der Waals surface area contributed by atoms with E-state index in [-0.39, 0.29) is 15.8 Å². The van der Waals surface area contributed by atoms with Crippen LogP contribution in [0.1, 0.15) is 23.0 Å². The van der Waals surface area contributed by atoms with Crippen molar-refractivity contribution in [3.05, 3.63) is 35.5 Å². The van der Waals surface area contributed by atoms with Gasteiger partial charge in [-0.2, -0.15) is 4.98 Å². The van der Waals surface area contributed by atoms with Crippen LogP contribution in [0.5, 0.6) is 0 Å². The quantitative estimate of drug-likeness (QED) is 0.319. The first-order chi connectivity index (χ1) is 11.9. The zero-order valence-electron chi connectivity index (χ0n) is 14.2. The minimum absolute atomic E-state index is 0.0810. The number of carbonyl (C=O) groups excluding carboxylic acids is 1. The molecule has 1 atom stereocenters. The van der Waals surface area contributed by atoms with E-state index < -0.39 is 0 Å². The van der Waals surface area contributed by atoms with E-state index in [1.165, 1.54) is 0 Å². The normalized spacial score (nSPS) is 17.6. The van der Waals surface area contributed by atoms with Crippen molar-refractivity contribution in [2.45, 2.75) is 17.9 Å². The monoisotopic (exact) mass is 452 g/mol. The number of ketones is 1. The maximum atomic E-state index is 11.4. The lowest BCUT2D eigenvalue weighted by molar-refractivity contribution is 0.101. The molecule has 3 rings (SSSR count). The second-order valence-electron chi connectivity index (χ2n) is 6.08. The first-order valence-corrected chi connectivity index (χ1v) is 9.27. The molecule has 2 heterocycles. The first kappa shape index (κ1) is 17.7. The number of aryl methyl sites for hydroxylation is 1. The van der Waals surface area contributed by atoms with Crippen molar-refractivity contribution >= 4 is 51.5 Å². The predicted octanol–water partition coefficient (Wildman–Crippen LogP) is 2.24. The SMILES string of the molecule is CC(=O)c1ccc(N2CCN(c3c(C)nc(N)nc3N)C(I)C2)cc1. The zero-order chi connectivity index (χ0) is 18.1. The molecule has 0 saturated carbocycles. The Morgan fingerprint density at radius 2 is 1.88 bits per heavy atom. The summed E-state index contributed by atoms with van der Waals surface area (Å²) in [5, 5.41) is 0. The number of benzene rings is 1. The molecule has 1 aromatic carbocycles. The van der Waals surface area contributed by atoms with Gasteiger partial charge in [-0.1, -0.05) is 22.6 Å². The minimum Gasteiger partial charge on any atom is -0.382 e. The van der Waals surface area contributed by atoms with Gasteiger partial charge in [0.25, 0.3) is 0 Å². The number of aromatic nitrogens is 2. The molecule has 1 aliphatic rings. The second-order valence-corrected chi connectivity index (χ2v) is 7.52. The number of carbonyl (C=O) groups is 1. The summed E-state index contributed by atoms with van der Waals surface area (Å²) in [6.07, 6.45) is 0. The molecule has 0 bridgehead atoms. The highest BCUT2D eigenvalue weighted by Gasteiger charge is 2.28. The van der Waals surface area contributed by atoms with Crippen molar-refractivity contribution in [2.24, 2.45) is 0 Å². The van der Waals surface area contributed by atoms with Crippen LogP contribution in [0.3, 0.4) is 0 Å². The fourth-order valence-electron chi connectivity index (χ4n) is 3.10. The zero-order valence-corrected chi connectivity index (χ0v) is 16.4. The van der Waals surface area contributed by atoms with Gasteiger partial charge in [0, 0.05) is 30.9 Å². The Labute approximate surface area is 160 Å². The van der Waals surface area contributed by atoms with E-state index in [4.69, 9.17) is 11.5 Å². The third-order valence-corrected chi connectivity index (χ3v) is 5.42. The Morgan fingerprint density at radius 1 is 1.20 bits per heavy atom. The topological polar surface area (TPSA) is 101 Å². The van der Waals surface area contributed by atoms with Crippen LogP contribution in [0.25, 0.3) is 0 Å². The van der Waals surface area contributed by atoms with E-state index >= 15 is 0 Å². The molecule has 1 saturated heterocycles. The van der Waals surface area contributed by atoms with Crippen LogP contribution in [0.15, 0.2) is 24.3 Å². The van der Waals surface area contributed by atoms with Gasteiger partial charge in [0.1, 0.15) is 5.69 Å². The molecule has 0 aliphatic carbocycles. The summed E-state index contributed by atoms with van der Waals surface area (Å²) in [6.45, 7) is 5.97. The van der Waals surface area contributed by atoms with Gasteiger partial charge in [0.15, 0.2) is 11.6 Å². The largest absolute Gasteiger partial charge is 0.382 e. The Bertz CT molecular complexity index is 771. The van der Waals surface area contributed by atoms with Gasteiger partial charge in [0.05, 0.1) is 9.74 Å². The molecule has 132 valence electrons. The van der Waals surface area contributed by atoms with Crippen LogP contribution < -0.4 is 21.3 Å². The van der Waals surface area contributed by atoms with E-state index in [0.29, 0.717) is 5.82 Å². The highest BCUT2D eigenvalue weighted by molar-refractivity contribution is 14.1. The molecule has 25 heavy (non-hydrogen) atoms. The van der Waals surface area contributed by atoms with Crippen LogP contribution in [0.4, 0.5) is 23.1 Å². The number of hydrogen-bond donors (Lipinski definition) is 2. The third kappa shape index (κ3) is 3.63. The average molecular weight is 452 g/mol. The number of Topliss-reactive ketones (excluding diaryl/α,β-unsaturated/α-hetero) is 1. The van der Waals surface area contributed by atoms with E-state index in [9.17, 15) is 4.79 Å². The van der Waals surface area contributed by atoms with Gasteiger partial charge in [-0.15, -0.1) is 0 Å². The maximum Gasteiger partial charge on any atom is 0.222 e. The molecule has 0 radical (unpaired) electrons. The lowest BCUT2D eigenvalue weighted by atomic mass is 10.1. The first-order valence-electron chi connectivity index (χ1n) is 8.03. The number of halogens is 1. The molecule has 8 heteroatoms. The number of rotatable bonds is 3. The maximum absolute atomic E-state index is 11.4. The van der Waals surface area contributed by atoms with Crippen molar-refractivity contribution in [2.75, 3.05) is 40.9 Å². The minimum atomic E-state index is 0.0810. The van der Waals surface area contributed by atoms with Crippen molar-refractivity contribution in [3.63, 3.8) is 0 Å². The Kier molecular flexibility index (Phi) is 4.98. The van der Waals surface area contributed by atoms with E-state index in [0.717, 1.165) is 42.3 Å². The molecule has 0 amide bonds. The number of nitrogen functional groups attached to an aromatic ring is 2. The van der Waals surface area contributed by atoms with Crippen LogP contribution in [-0.2, 0) is 0 Å². The molecule has 4 N–H and O–H groups in total. The van der Waals surface area contributed by atoms with Crippen molar-refractivity contribution in [3.8, 4) is 0 Å². The highest BCUT2D eigenvalue weighted by atomic mass is 127. The standard InChI is InChI=1S/C17H21IN6O/c1-10-15(16(19)22-17(20)21-10)24-8-7-23(9-14(24)18)13-5-3-12(4-6-13)11(2)25/h3-6,14H,7-9H2,1-2H3,(H4,19,20,21,22). The summed E-state index contributed by atoms with van der Waals surface area (Å²) in [7, 11) is 0. The predicted molar refractivity (Wildman–Crippen MR) is 109 cm³/mol. The van der Waals surface area contributed by atoms with Gasteiger partial charge in [-0.3, -0.25) is 4.79 Å². The lowest BCUT2D eigenvalue weighted by Crippen LogP contribution is -2.51. The Balaban J connectivity index is 1.78. The smallest absolute Gasteiger partial charge is 0.222 e. The number of piperazine rings is 1. The van der Waals surface area contributed by atoms with Crippen LogP contribution in [-0.4, -0.2) is 39.4 Å². The summed E-state index contributed by atoms with van der Waals surface area (Å²) >= 11 is 2.41. The van der Waals surface area contributed by atoms with Gasteiger partial charge in [0.2, 0.25) is 5.95 Å². The average Bonchev–Trinajstić information content (AvgIpc) is 2.55. The van der Waals surface area contributed by atoms with Crippen LogP contribution in [0, 0.1) is 6.92 Å². The number of alkyl halides is 1. The summed E-state index contributed by atoms with van der Waals surface area (Å²) in [5.41, 5.74) is 15.3. The summed E-state index contributed by atoms with van der Waals surface area (Å²) in [5.74, 6) is 0.705. The van der Waals surface area contributed by atoms with Gasteiger partial charge >= 0.3 is 0 Å². The lowest BCUT2D eigenvalue weighted by Gasteiger charge is -2.41. The van der Waals surface area contributed by atoms with Gasteiger partial charge in [-0.25, -0.2) is 4.98 Å². The van der Waals surface area contributed by atoms with E-state index in [2.05, 4.69) is 42.4 Å². The number of nitrogens with two attached hydrogens (primary N) is 2. The molecular weight excluding hydrogens is 431 g/mol. The van der Waals surface area contributed by atoms with E-state index in [1.807, 2.05) is 31.2 Å². The molecular formula is C17H21IN6O. The fraction of sp³-hybridized carbons (Fsp3) is 0.353. The Morgan fingerprint density at radius 3 is 2.44 bits per heavy atom. The van der Waals surface area contributed by atoms with Crippen LogP contribution in [0.2, 0.25) is 0 Å². The van der Waals surface area contributed by atoms with Gasteiger partial charge < -0.3 is 21.3 Å². The number of hydrogen-bond acceptors (Lipinski definition) is 7. The molecule has 2 aromatic rings. The second kappa shape index (κ2) is 7.03. The Hall–Kier alpha value is -2.10. The molecule has 7 nitrogen and oxygen atoms in total.